The minimum absolute atomic E-state index is 0.0791. The summed E-state index contributed by atoms with van der Waals surface area (Å²) >= 11 is 3.10. The Labute approximate surface area is 130 Å². The molecule has 1 nitrogen and oxygen atoms in total. The second-order valence-electron chi connectivity index (χ2n) is 4.76. The molecule has 1 unspecified atom stereocenters. The fourth-order valence-corrected chi connectivity index (χ4v) is 2.77. The smallest absolute Gasteiger partial charge is 0.173 e. The third kappa shape index (κ3) is 3.30. The number of rotatable bonds is 4. The molecule has 2 aromatic rings. The van der Waals surface area contributed by atoms with Crippen LogP contribution in [-0.4, -0.2) is 6.54 Å². The summed E-state index contributed by atoms with van der Waals surface area (Å²) in [4.78, 5) is 0. The van der Waals surface area contributed by atoms with Crippen molar-refractivity contribution in [2.75, 3.05) is 6.54 Å². The van der Waals surface area contributed by atoms with Crippen LogP contribution in [0.4, 0.5) is 13.2 Å². The minimum atomic E-state index is -0.922. The first-order valence-electron chi connectivity index (χ1n) is 6.58. The van der Waals surface area contributed by atoms with Crippen molar-refractivity contribution in [3.05, 3.63) is 68.9 Å². The van der Waals surface area contributed by atoms with Crippen LogP contribution in [0.1, 0.15) is 29.7 Å². The highest BCUT2D eigenvalue weighted by molar-refractivity contribution is 9.10. The molecule has 0 heterocycles. The molecule has 0 bridgehead atoms. The fraction of sp³-hybridized carbons (Fsp3) is 0.250. The number of halogens is 4. The lowest BCUT2D eigenvalue weighted by molar-refractivity contribution is 0.498. The zero-order valence-corrected chi connectivity index (χ0v) is 13.3. The van der Waals surface area contributed by atoms with Gasteiger partial charge in [0.1, 0.15) is 5.82 Å². The highest BCUT2D eigenvalue weighted by Crippen LogP contribution is 2.32. The molecule has 112 valence electrons. The quantitative estimate of drug-likeness (QED) is 0.769. The number of benzene rings is 2. The molecule has 0 spiro atoms. The van der Waals surface area contributed by atoms with Gasteiger partial charge in [0, 0.05) is 0 Å². The molecule has 0 aromatic heterocycles. The summed E-state index contributed by atoms with van der Waals surface area (Å²) < 4.78 is 40.5. The summed E-state index contributed by atoms with van der Waals surface area (Å²) in [6.45, 7) is 4.21. The summed E-state index contributed by atoms with van der Waals surface area (Å²) in [5.74, 6) is -2.12. The van der Waals surface area contributed by atoms with Crippen molar-refractivity contribution < 1.29 is 13.2 Å². The Morgan fingerprint density at radius 1 is 1.10 bits per heavy atom. The Kier molecular flexibility index (Phi) is 5.06. The first-order valence-corrected chi connectivity index (χ1v) is 7.37. The van der Waals surface area contributed by atoms with Crippen molar-refractivity contribution in [3.63, 3.8) is 0 Å². The molecular weight excluding hydrogens is 343 g/mol. The molecule has 2 rings (SSSR count). The highest BCUT2D eigenvalue weighted by Gasteiger charge is 2.20. The highest BCUT2D eigenvalue weighted by atomic mass is 79.9. The first-order chi connectivity index (χ1) is 9.95. The number of nitrogens with one attached hydrogen (secondary N) is 1. The Bertz CT molecular complexity index is 658. The van der Waals surface area contributed by atoms with Crippen LogP contribution in [0.2, 0.25) is 0 Å². The van der Waals surface area contributed by atoms with Gasteiger partial charge in [0.2, 0.25) is 0 Å². The van der Waals surface area contributed by atoms with Gasteiger partial charge in [0.25, 0.3) is 0 Å². The van der Waals surface area contributed by atoms with Crippen molar-refractivity contribution in [2.45, 2.75) is 19.9 Å². The van der Waals surface area contributed by atoms with Crippen LogP contribution in [-0.2, 0) is 0 Å². The molecular formula is C16H15BrF3N. The van der Waals surface area contributed by atoms with Crippen molar-refractivity contribution in [3.8, 4) is 0 Å². The van der Waals surface area contributed by atoms with Crippen molar-refractivity contribution in [1.29, 1.82) is 0 Å². The largest absolute Gasteiger partial charge is 0.306 e. The lowest BCUT2D eigenvalue weighted by Gasteiger charge is -2.21. The van der Waals surface area contributed by atoms with Crippen LogP contribution in [0.3, 0.4) is 0 Å². The molecule has 5 heteroatoms. The molecule has 0 aliphatic rings. The summed E-state index contributed by atoms with van der Waals surface area (Å²) in [7, 11) is 0. The third-order valence-electron chi connectivity index (χ3n) is 3.30. The van der Waals surface area contributed by atoms with E-state index in [1.54, 1.807) is 19.1 Å². The van der Waals surface area contributed by atoms with Crippen LogP contribution >= 0.6 is 15.9 Å². The predicted octanol–water partition coefficient (Wildman–Crippen LogP) is 4.87. The third-order valence-corrected chi connectivity index (χ3v) is 4.11. The van der Waals surface area contributed by atoms with Gasteiger partial charge in [0.15, 0.2) is 11.6 Å². The van der Waals surface area contributed by atoms with Gasteiger partial charge >= 0.3 is 0 Å². The maximum atomic E-state index is 13.7. The molecule has 0 aliphatic heterocycles. The van der Waals surface area contributed by atoms with Crippen molar-refractivity contribution in [1.82, 2.24) is 5.32 Å². The molecule has 0 saturated carbocycles. The Morgan fingerprint density at radius 2 is 1.76 bits per heavy atom. The van der Waals surface area contributed by atoms with Crippen LogP contribution < -0.4 is 5.32 Å². The van der Waals surface area contributed by atoms with E-state index in [4.69, 9.17) is 0 Å². The number of hydrogen-bond acceptors (Lipinski definition) is 1. The summed E-state index contributed by atoms with van der Waals surface area (Å²) in [6, 6.07) is 6.99. The van der Waals surface area contributed by atoms with E-state index in [2.05, 4.69) is 21.2 Å². The Balaban J connectivity index is 2.53. The van der Waals surface area contributed by atoms with Gasteiger partial charge in [-0.15, -0.1) is 0 Å². The van der Waals surface area contributed by atoms with Crippen LogP contribution in [0.25, 0.3) is 0 Å². The Hall–Kier alpha value is -1.33. The molecule has 0 fully saturated rings. The van der Waals surface area contributed by atoms with E-state index in [0.717, 1.165) is 11.6 Å². The molecule has 0 radical (unpaired) electrons. The number of hydrogen-bond donors (Lipinski definition) is 1. The van der Waals surface area contributed by atoms with Crippen molar-refractivity contribution >= 4 is 15.9 Å². The van der Waals surface area contributed by atoms with Crippen molar-refractivity contribution in [2.24, 2.45) is 0 Å². The lowest BCUT2D eigenvalue weighted by atomic mass is 9.97. The average molecular weight is 358 g/mol. The molecule has 0 aliphatic carbocycles. The summed E-state index contributed by atoms with van der Waals surface area (Å²) in [5, 5.41) is 3.21. The topological polar surface area (TPSA) is 12.0 Å². The molecule has 2 aromatic carbocycles. The normalized spacial score (nSPS) is 12.5. The van der Waals surface area contributed by atoms with Crippen LogP contribution in [0, 0.1) is 24.4 Å². The average Bonchev–Trinajstić information content (AvgIpc) is 2.46. The van der Waals surface area contributed by atoms with Gasteiger partial charge in [-0.3, -0.25) is 0 Å². The lowest BCUT2D eigenvalue weighted by Crippen LogP contribution is -2.23. The standard InChI is InChI=1S/C16H15BrF3N/c1-3-21-16(10-4-6-12(18)9(2)8-10)11-5-7-13(19)15(20)14(11)17/h4-8,16,21H,3H2,1-2H3. The molecule has 0 amide bonds. The molecule has 1 atom stereocenters. The zero-order chi connectivity index (χ0) is 15.6. The van der Waals surface area contributed by atoms with Gasteiger partial charge < -0.3 is 5.32 Å². The fourth-order valence-electron chi connectivity index (χ4n) is 2.22. The van der Waals surface area contributed by atoms with E-state index in [9.17, 15) is 13.2 Å². The maximum absolute atomic E-state index is 13.7. The van der Waals surface area contributed by atoms with Gasteiger partial charge in [-0.05, 0) is 58.2 Å². The minimum Gasteiger partial charge on any atom is -0.306 e. The van der Waals surface area contributed by atoms with Gasteiger partial charge in [0.05, 0.1) is 10.5 Å². The SMILES string of the molecule is CCNC(c1ccc(F)c(C)c1)c1ccc(F)c(F)c1Br. The second-order valence-corrected chi connectivity index (χ2v) is 5.56. The Morgan fingerprint density at radius 3 is 2.38 bits per heavy atom. The molecule has 1 N–H and O–H groups in total. The van der Waals surface area contributed by atoms with Gasteiger partial charge in [-0.2, -0.15) is 0 Å². The van der Waals surface area contributed by atoms with E-state index in [1.807, 2.05) is 6.92 Å². The van der Waals surface area contributed by atoms with Gasteiger partial charge in [-0.1, -0.05) is 25.1 Å². The van der Waals surface area contributed by atoms with Gasteiger partial charge in [-0.25, -0.2) is 13.2 Å². The summed E-state index contributed by atoms with van der Waals surface area (Å²) in [5.41, 5.74) is 1.87. The summed E-state index contributed by atoms with van der Waals surface area (Å²) in [6.07, 6.45) is 0. The molecule has 21 heavy (non-hydrogen) atoms. The second kappa shape index (κ2) is 6.62. The first kappa shape index (κ1) is 16.0. The van der Waals surface area contributed by atoms with E-state index >= 15 is 0 Å². The van der Waals surface area contributed by atoms with E-state index < -0.39 is 11.6 Å². The number of aryl methyl sites for hydroxylation is 1. The van der Waals surface area contributed by atoms with Crippen LogP contribution in [0.15, 0.2) is 34.8 Å². The zero-order valence-electron chi connectivity index (χ0n) is 11.7. The van der Waals surface area contributed by atoms with E-state index in [-0.39, 0.29) is 16.3 Å². The van der Waals surface area contributed by atoms with E-state index in [1.165, 1.54) is 12.1 Å². The molecule has 0 saturated heterocycles. The predicted molar refractivity (Wildman–Crippen MR) is 80.7 cm³/mol. The monoisotopic (exact) mass is 357 g/mol. The van der Waals surface area contributed by atoms with Crippen LogP contribution in [0.5, 0.6) is 0 Å². The van der Waals surface area contributed by atoms with E-state index in [0.29, 0.717) is 17.7 Å². The maximum Gasteiger partial charge on any atom is 0.173 e.